The topological polar surface area (TPSA) is 72.2 Å². The fourth-order valence-electron chi connectivity index (χ4n) is 2.30. The zero-order valence-corrected chi connectivity index (χ0v) is 10.4. The maximum Gasteiger partial charge on any atom is 0.257 e. The van der Waals surface area contributed by atoms with E-state index in [1.165, 1.54) is 24.3 Å². The molecular weight excluding hydrogens is 259 g/mol. The van der Waals surface area contributed by atoms with Crippen LogP contribution in [0.2, 0.25) is 0 Å². The molecule has 1 aliphatic rings. The minimum Gasteiger partial charge on any atom is -0.323 e. The van der Waals surface area contributed by atoms with Crippen LogP contribution >= 0.6 is 0 Å². The zero-order chi connectivity index (χ0) is 14.3. The van der Waals surface area contributed by atoms with Crippen molar-refractivity contribution in [3.63, 3.8) is 0 Å². The Hall–Kier alpha value is -2.53. The van der Waals surface area contributed by atoms with E-state index in [1.54, 1.807) is 24.3 Å². The average molecular weight is 270 g/mol. The van der Waals surface area contributed by atoms with Gasteiger partial charge in [-0.15, -0.1) is 0 Å². The van der Waals surface area contributed by atoms with Gasteiger partial charge in [-0.25, -0.2) is 4.39 Å². The summed E-state index contributed by atoms with van der Waals surface area (Å²) in [5.41, 5.74) is 5.26. The number of rotatable bonds is 1. The van der Waals surface area contributed by atoms with Crippen LogP contribution in [0, 0.1) is 5.82 Å². The van der Waals surface area contributed by atoms with Gasteiger partial charge in [-0.2, -0.15) is 0 Å². The summed E-state index contributed by atoms with van der Waals surface area (Å²) in [7, 11) is 0. The lowest BCUT2D eigenvalue weighted by Gasteiger charge is -2.32. The minimum absolute atomic E-state index is 0.260. The molecule has 0 radical (unpaired) electrons. The van der Waals surface area contributed by atoms with Crippen molar-refractivity contribution in [3.8, 4) is 0 Å². The van der Waals surface area contributed by atoms with Crippen LogP contribution in [-0.2, 0) is 10.3 Å². The van der Waals surface area contributed by atoms with E-state index in [0.717, 1.165) is 0 Å². The number of carbonyl (C=O) groups is 2. The molecule has 1 unspecified atom stereocenters. The lowest BCUT2D eigenvalue weighted by molar-refractivity contribution is -0.120. The molecule has 3 N–H and O–H groups in total. The third-order valence-electron chi connectivity index (χ3n) is 3.44. The fraction of sp³-hybridized carbons (Fsp3) is 0.0667. The number of benzene rings is 2. The standard InChI is InChI=1S/C15H11FN2O2/c16-10-7-5-9(6-8-10)15(17)13(19)11-3-1-2-4-12(11)18-14(15)20/h1-8H,17H2,(H,18,20). The van der Waals surface area contributed by atoms with Gasteiger partial charge >= 0.3 is 0 Å². The van der Waals surface area contributed by atoms with Gasteiger partial charge < -0.3 is 11.1 Å². The molecule has 1 aliphatic heterocycles. The van der Waals surface area contributed by atoms with Crippen LogP contribution < -0.4 is 11.1 Å². The van der Waals surface area contributed by atoms with Gasteiger partial charge in [-0.1, -0.05) is 24.3 Å². The molecule has 1 heterocycles. The van der Waals surface area contributed by atoms with Crippen molar-refractivity contribution in [3.05, 3.63) is 65.5 Å². The normalized spacial score (nSPS) is 21.3. The highest BCUT2D eigenvalue weighted by atomic mass is 19.1. The SMILES string of the molecule is NC1(c2ccc(F)cc2)C(=O)Nc2ccccc2C1=O. The van der Waals surface area contributed by atoms with Crippen molar-refractivity contribution in [2.75, 3.05) is 5.32 Å². The third-order valence-corrected chi connectivity index (χ3v) is 3.44. The second-order valence-corrected chi connectivity index (χ2v) is 4.64. The number of nitrogens with two attached hydrogens (primary N) is 1. The van der Waals surface area contributed by atoms with Gasteiger partial charge in [0.05, 0.1) is 5.69 Å². The summed E-state index contributed by atoms with van der Waals surface area (Å²) in [4.78, 5) is 24.8. The van der Waals surface area contributed by atoms with E-state index < -0.39 is 23.0 Å². The second-order valence-electron chi connectivity index (χ2n) is 4.64. The predicted molar refractivity (Wildman–Crippen MR) is 71.7 cm³/mol. The molecule has 2 aromatic rings. The first kappa shape index (κ1) is 12.5. The first-order valence-corrected chi connectivity index (χ1v) is 6.03. The maximum absolute atomic E-state index is 13.0. The van der Waals surface area contributed by atoms with E-state index in [9.17, 15) is 14.0 Å². The molecule has 0 aromatic heterocycles. The molecule has 0 spiro atoms. The molecule has 100 valence electrons. The van der Waals surface area contributed by atoms with Gasteiger partial charge in [0.15, 0.2) is 11.3 Å². The summed E-state index contributed by atoms with van der Waals surface area (Å²) in [5.74, 6) is -1.57. The van der Waals surface area contributed by atoms with E-state index in [1.807, 2.05) is 0 Å². The van der Waals surface area contributed by atoms with Crippen molar-refractivity contribution in [2.45, 2.75) is 5.54 Å². The fourth-order valence-corrected chi connectivity index (χ4v) is 2.30. The van der Waals surface area contributed by atoms with Crippen LogP contribution in [0.4, 0.5) is 10.1 Å². The number of anilines is 1. The van der Waals surface area contributed by atoms with Crippen LogP contribution in [0.5, 0.6) is 0 Å². The van der Waals surface area contributed by atoms with E-state index in [0.29, 0.717) is 11.3 Å². The molecule has 4 nitrogen and oxygen atoms in total. The molecule has 1 atom stereocenters. The van der Waals surface area contributed by atoms with Crippen LogP contribution in [0.25, 0.3) is 0 Å². The van der Waals surface area contributed by atoms with E-state index >= 15 is 0 Å². The third kappa shape index (κ3) is 1.64. The van der Waals surface area contributed by atoms with Crippen LogP contribution in [-0.4, -0.2) is 11.7 Å². The smallest absolute Gasteiger partial charge is 0.257 e. The molecule has 0 saturated heterocycles. The number of nitrogens with one attached hydrogen (secondary N) is 1. The molecule has 0 bridgehead atoms. The van der Waals surface area contributed by atoms with E-state index in [2.05, 4.69) is 5.32 Å². The van der Waals surface area contributed by atoms with Gasteiger partial charge in [0.2, 0.25) is 0 Å². The Labute approximate surface area is 114 Å². The first-order valence-electron chi connectivity index (χ1n) is 6.03. The molecule has 0 aliphatic carbocycles. The van der Waals surface area contributed by atoms with Gasteiger partial charge in [-0.05, 0) is 29.8 Å². The lowest BCUT2D eigenvalue weighted by Crippen LogP contribution is -2.57. The molecule has 0 saturated carbocycles. The molecular formula is C15H11FN2O2. The highest BCUT2D eigenvalue weighted by Crippen LogP contribution is 2.32. The number of hydrogen-bond donors (Lipinski definition) is 2. The summed E-state index contributed by atoms with van der Waals surface area (Å²) in [6.45, 7) is 0. The van der Waals surface area contributed by atoms with Crippen molar-refractivity contribution >= 4 is 17.4 Å². The lowest BCUT2D eigenvalue weighted by atomic mass is 9.79. The Balaban J connectivity index is 2.16. The number of carbonyl (C=O) groups excluding carboxylic acids is 2. The Morgan fingerprint density at radius 2 is 1.65 bits per heavy atom. The van der Waals surface area contributed by atoms with Crippen molar-refractivity contribution in [2.24, 2.45) is 5.73 Å². The van der Waals surface area contributed by atoms with Gasteiger partial charge in [-0.3, -0.25) is 9.59 Å². The molecule has 3 rings (SSSR count). The highest BCUT2D eigenvalue weighted by molar-refractivity contribution is 6.27. The molecule has 20 heavy (non-hydrogen) atoms. The van der Waals surface area contributed by atoms with Gasteiger partial charge in [0.25, 0.3) is 5.91 Å². The largest absolute Gasteiger partial charge is 0.323 e. The Bertz CT molecular complexity index is 712. The number of ketones is 1. The van der Waals surface area contributed by atoms with Gasteiger partial charge in [0.1, 0.15) is 5.82 Å². The molecule has 2 aromatic carbocycles. The van der Waals surface area contributed by atoms with E-state index in [4.69, 9.17) is 5.73 Å². The summed E-state index contributed by atoms with van der Waals surface area (Å²) in [6, 6.07) is 11.7. The summed E-state index contributed by atoms with van der Waals surface area (Å²) in [6.07, 6.45) is 0. The van der Waals surface area contributed by atoms with Gasteiger partial charge in [0, 0.05) is 5.56 Å². The first-order chi connectivity index (χ1) is 9.53. The van der Waals surface area contributed by atoms with Crippen LogP contribution in [0.15, 0.2) is 48.5 Å². The van der Waals surface area contributed by atoms with Crippen LogP contribution in [0.1, 0.15) is 15.9 Å². The minimum atomic E-state index is -1.83. The van der Waals surface area contributed by atoms with Crippen molar-refractivity contribution in [1.29, 1.82) is 0 Å². The highest BCUT2D eigenvalue weighted by Gasteiger charge is 2.48. The maximum atomic E-state index is 13.0. The molecule has 5 heteroatoms. The Morgan fingerprint density at radius 1 is 1.00 bits per heavy atom. The Kier molecular flexibility index (Phi) is 2.65. The number of hydrogen-bond acceptors (Lipinski definition) is 3. The van der Waals surface area contributed by atoms with Crippen LogP contribution in [0.3, 0.4) is 0 Å². The average Bonchev–Trinajstić information content (AvgIpc) is 2.46. The van der Waals surface area contributed by atoms with Crippen molar-refractivity contribution < 1.29 is 14.0 Å². The molecule has 1 amide bonds. The summed E-state index contributed by atoms with van der Waals surface area (Å²) in [5, 5.41) is 2.62. The quantitative estimate of drug-likeness (QED) is 0.776. The number of halogens is 1. The Morgan fingerprint density at radius 3 is 2.35 bits per heavy atom. The predicted octanol–water partition coefficient (Wildman–Crippen LogP) is 1.81. The monoisotopic (exact) mass is 270 g/mol. The number of amides is 1. The van der Waals surface area contributed by atoms with E-state index in [-0.39, 0.29) is 5.56 Å². The molecule has 0 fully saturated rings. The summed E-state index contributed by atoms with van der Waals surface area (Å²) < 4.78 is 13.0. The number of para-hydroxylation sites is 1. The second kappa shape index (κ2) is 4.25. The van der Waals surface area contributed by atoms with Crippen molar-refractivity contribution in [1.82, 2.24) is 0 Å². The number of fused-ring (bicyclic) bond motifs is 1. The summed E-state index contributed by atoms with van der Waals surface area (Å²) >= 11 is 0. The number of Topliss-reactive ketones (excluding diaryl/α,β-unsaturated/α-hetero) is 1. The zero-order valence-electron chi connectivity index (χ0n) is 10.4.